The topological polar surface area (TPSA) is 72.1 Å². The molecule has 1 amide bonds. The molecule has 3 aliphatic heterocycles. The summed E-state index contributed by atoms with van der Waals surface area (Å²) >= 11 is 0. The maximum Gasteiger partial charge on any atom is 0.231 e. The second-order valence-electron chi connectivity index (χ2n) is 7.86. The molecule has 0 radical (unpaired) electrons. The van der Waals surface area contributed by atoms with E-state index < -0.39 is 0 Å². The average molecular weight is 353 g/mol. The number of rotatable bonds is 4. The van der Waals surface area contributed by atoms with Crippen molar-refractivity contribution in [2.75, 3.05) is 53.1 Å². The Balaban J connectivity index is 1.43. The van der Waals surface area contributed by atoms with Gasteiger partial charge < -0.3 is 29.7 Å². The van der Waals surface area contributed by atoms with Crippen LogP contribution in [0.15, 0.2) is 0 Å². The minimum Gasteiger partial charge on any atom is -0.379 e. The number of nitrogens with zero attached hydrogens (tertiary/aromatic N) is 1. The molecular formula is C18H31N3O4. The third-order valence-corrected chi connectivity index (χ3v) is 6.48. The highest BCUT2D eigenvalue weighted by Gasteiger charge is 2.57. The number of hydrogen-bond acceptors (Lipinski definition) is 6. The normalized spacial score (nSPS) is 41.7. The lowest BCUT2D eigenvalue weighted by atomic mass is 9.80. The van der Waals surface area contributed by atoms with E-state index in [2.05, 4.69) is 10.6 Å². The Labute approximate surface area is 149 Å². The monoisotopic (exact) mass is 353 g/mol. The van der Waals surface area contributed by atoms with Crippen LogP contribution in [0.5, 0.6) is 0 Å². The number of carbonyl (C=O) groups is 1. The lowest BCUT2D eigenvalue weighted by molar-refractivity contribution is -0.144. The summed E-state index contributed by atoms with van der Waals surface area (Å²) in [7, 11) is 1.75. The largest absolute Gasteiger partial charge is 0.379 e. The van der Waals surface area contributed by atoms with Crippen LogP contribution in [0.3, 0.4) is 0 Å². The molecule has 0 unspecified atom stereocenters. The lowest BCUT2D eigenvalue weighted by Crippen LogP contribution is -2.53. The van der Waals surface area contributed by atoms with Gasteiger partial charge in [-0.3, -0.25) is 4.79 Å². The highest BCUT2D eigenvalue weighted by atomic mass is 16.5. The Morgan fingerprint density at radius 3 is 2.96 bits per heavy atom. The van der Waals surface area contributed by atoms with Crippen LogP contribution in [0.25, 0.3) is 0 Å². The molecule has 5 atom stereocenters. The fourth-order valence-electron chi connectivity index (χ4n) is 5.09. The molecule has 0 bridgehead atoms. The van der Waals surface area contributed by atoms with Crippen molar-refractivity contribution < 1.29 is 19.0 Å². The average Bonchev–Trinajstić information content (AvgIpc) is 3.20. The van der Waals surface area contributed by atoms with Gasteiger partial charge >= 0.3 is 0 Å². The Kier molecular flexibility index (Phi) is 5.29. The summed E-state index contributed by atoms with van der Waals surface area (Å²) < 4.78 is 17.1. The van der Waals surface area contributed by atoms with Crippen LogP contribution in [0.4, 0.5) is 0 Å². The van der Waals surface area contributed by atoms with Gasteiger partial charge in [0, 0.05) is 58.6 Å². The number of hydrogen-bond donors (Lipinski definition) is 2. The van der Waals surface area contributed by atoms with E-state index in [9.17, 15) is 4.79 Å². The predicted molar refractivity (Wildman–Crippen MR) is 92.4 cm³/mol. The van der Waals surface area contributed by atoms with Gasteiger partial charge in [-0.25, -0.2) is 0 Å². The molecule has 0 aromatic rings. The van der Waals surface area contributed by atoms with Crippen LogP contribution in [0, 0.1) is 5.41 Å². The summed E-state index contributed by atoms with van der Waals surface area (Å²) in [6.07, 6.45) is 3.78. The van der Waals surface area contributed by atoms with Crippen molar-refractivity contribution in [2.24, 2.45) is 5.41 Å². The third kappa shape index (κ3) is 3.32. The summed E-state index contributed by atoms with van der Waals surface area (Å²) in [6, 6.07) is 0.617. The first-order chi connectivity index (χ1) is 12.2. The predicted octanol–water partition coefficient (Wildman–Crippen LogP) is -0.251. The zero-order chi connectivity index (χ0) is 17.3. The van der Waals surface area contributed by atoms with Crippen molar-refractivity contribution in [1.82, 2.24) is 15.5 Å². The number of methoxy groups -OCH3 is 1. The Hall–Kier alpha value is -0.730. The van der Waals surface area contributed by atoms with Crippen LogP contribution in [-0.4, -0.2) is 88.2 Å². The molecule has 4 fully saturated rings. The van der Waals surface area contributed by atoms with Crippen molar-refractivity contribution in [3.8, 4) is 0 Å². The molecule has 0 aromatic carbocycles. The third-order valence-electron chi connectivity index (χ3n) is 6.48. The van der Waals surface area contributed by atoms with E-state index in [1.807, 2.05) is 4.90 Å². The molecule has 1 saturated carbocycles. The number of ether oxygens (including phenoxy) is 3. The smallest absolute Gasteiger partial charge is 0.231 e. The summed E-state index contributed by atoms with van der Waals surface area (Å²) in [5.74, 6) is 0.316. The van der Waals surface area contributed by atoms with Crippen molar-refractivity contribution in [3.63, 3.8) is 0 Å². The zero-order valence-electron chi connectivity index (χ0n) is 15.2. The van der Waals surface area contributed by atoms with Gasteiger partial charge in [0.1, 0.15) is 0 Å². The van der Waals surface area contributed by atoms with E-state index in [1.165, 1.54) is 0 Å². The van der Waals surface area contributed by atoms with E-state index >= 15 is 0 Å². The molecule has 2 N–H and O–H groups in total. The first-order valence-corrected chi connectivity index (χ1v) is 9.71. The molecule has 7 heteroatoms. The summed E-state index contributed by atoms with van der Waals surface area (Å²) in [5.41, 5.74) is -0.317. The van der Waals surface area contributed by atoms with E-state index in [-0.39, 0.29) is 17.6 Å². The highest BCUT2D eigenvalue weighted by Crippen LogP contribution is 2.49. The second kappa shape index (κ2) is 7.48. The molecule has 4 rings (SSSR count). The molecule has 3 saturated heterocycles. The maximum atomic E-state index is 13.3. The molecule has 1 aliphatic carbocycles. The van der Waals surface area contributed by atoms with Crippen LogP contribution < -0.4 is 10.6 Å². The fourth-order valence-corrected chi connectivity index (χ4v) is 5.09. The lowest BCUT2D eigenvalue weighted by Gasteiger charge is -2.36. The van der Waals surface area contributed by atoms with Crippen LogP contribution in [-0.2, 0) is 19.0 Å². The van der Waals surface area contributed by atoms with Crippen molar-refractivity contribution >= 4 is 5.91 Å². The molecule has 142 valence electrons. The summed E-state index contributed by atoms with van der Waals surface area (Å²) in [4.78, 5) is 15.4. The Morgan fingerprint density at radius 2 is 2.16 bits per heavy atom. The van der Waals surface area contributed by atoms with Gasteiger partial charge in [-0.15, -0.1) is 0 Å². The Morgan fingerprint density at radius 1 is 1.32 bits per heavy atom. The number of piperazine rings is 1. The van der Waals surface area contributed by atoms with Crippen molar-refractivity contribution in [3.05, 3.63) is 0 Å². The summed E-state index contributed by atoms with van der Waals surface area (Å²) in [6.45, 7) is 5.56. The second-order valence-corrected chi connectivity index (χ2v) is 7.86. The van der Waals surface area contributed by atoms with Crippen LogP contribution in [0.2, 0.25) is 0 Å². The first kappa shape index (κ1) is 17.7. The van der Waals surface area contributed by atoms with Gasteiger partial charge in [-0.1, -0.05) is 0 Å². The molecule has 0 spiro atoms. The number of fused-ring (bicyclic) bond motifs is 1. The van der Waals surface area contributed by atoms with E-state index in [0.717, 1.165) is 58.5 Å². The van der Waals surface area contributed by atoms with Gasteiger partial charge in [0.15, 0.2) is 0 Å². The zero-order valence-corrected chi connectivity index (χ0v) is 15.2. The van der Waals surface area contributed by atoms with Crippen LogP contribution in [0.1, 0.15) is 25.7 Å². The van der Waals surface area contributed by atoms with Gasteiger partial charge in [0.2, 0.25) is 5.91 Å². The molecule has 25 heavy (non-hydrogen) atoms. The first-order valence-electron chi connectivity index (χ1n) is 9.71. The van der Waals surface area contributed by atoms with Crippen molar-refractivity contribution in [1.29, 1.82) is 0 Å². The van der Waals surface area contributed by atoms with Gasteiger partial charge in [-0.2, -0.15) is 0 Å². The van der Waals surface area contributed by atoms with E-state index in [1.54, 1.807) is 7.11 Å². The van der Waals surface area contributed by atoms with Gasteiger partial charge in [0.25, 0.3) is 0 Å². The number of amides is 1. The standard InChI is InChI=1S/C18H31N3O4/c1-23-15-12-24-8-2-14(15)20-13-10-16-18(11-13,3-9-25-16)17(22)21-6-4-19-5-7-21/h13-16,19-20H,2-12H2,1H3/t13-,14+,15-,16-,18-/m1/s1. The molecule has 7 nitrogen and oxygen atoms in total. The number of carbonyl (C=O) groups excluding carboxylic acids is 1. The van der Waals surface area contributed by atoms with Gasteiger partial charge in [0.05, 0.1) is 24.2 Å². The van der Waals surface area contributed by atoms with Crippen LogP contribution >= 0.6 is 0 Å². The minimum absolute atomic E-state index is 0.0632. The molecular weight excluding hydrogens is 322 g/mol. The Bertz CT molecular complexity index is 485. The molecule has 0 aromatic heterocycles. The minimum atomic E-state index is -0.317. The SMILES string of the molecule is CO[C@@H]1COCC[C@@H]1N[C@@H]1C[C@H]2OCC[C@@]2(C(=O)N2CCNCC2)C1. The van der Waals surface area contributed by atoms with E-state index in [0.29, 0.717) is 31.2 Å². The van der Waals surface area contributed by atoms with Gasteiger partial charge in [-0.05, 0) is 25.7 Å². The molecule has 4 aliphatic rings. The highest BCUT2D eigenvalue weighted by molar-refractivity contribution is 5.84. The number of nitrogens with one attached hydrogen (secondary N) is 2. The van der Waals surface area contributed by atoms with E-state index in [4.69, 9.17) is 14.2 Å². The fraction of sp³-hybridized carbons (Fsp3) is 0.944. The summed E-state index contributed by atoms with van der Waals surface area (Å²) in [5, 5.41) is 7.09. The maximum absolute atomic E-state index is 13.3. The quantitative estimate of drug-likeness (QED) is 0.726. The molecule has 3 heterocycles. The van der Waals surface area contributed by atoms with Crippen molar-refractivity contribution in [2.45, 2.75) is 50.0 Å².